The van der Waals surface area contributed by atoms with Crippen molar-refractivity contribution in [1.82, 2.24) is 19.9 Å². The van der Waals surface area contributed by atoms with Gasteiger partial charge in [-0.05, 0) is 0 Å². The maximum atomic E-state index is 5.57. The molecule has 1 aliphatic heterocycles. The van der Waals surface area contributed by atoms with E-state index in [0.29, 0.717) is 5.89 Å². The fraction of sp³-hybridized carbons (Fsp3) is 0.846. The highest BCUT2D eigenvalue weighted by atomic mass is 35.5. The normalized spacial score (nSPS) is 18.0. The molecule has 2 N–H and O–H groups in total. The monoisotopic (exact) mass is 303 g/mol. The zero-order chi connectivity index (χ0) is 13.9. The van der Waals surface area contributed by atoms with E-state index in [2.05, 4.69) is 40.7 Å². The first-order valence-corrected chi connectivity index (χ1v) is 6.97. The summed E-state index contributed by atoms with van der Waals surface area (Å²) in [6.07, 6.45) is 0. The van der Waals surface area contributed by atoms with E-state index in [9.17, 15) is 0 Å². The second-order valence-electron chi connectivity index (χ2n) is 6.17. The van der Waals surface area contributed by atoms with Gasteiger partial charge in [-0.3, -0.25) is 9.80 Å². The summed E-state index contributed by atoms with van der Waals surface area (Å²) >= 11 is 0. The van der Waals surface area contributed by atoms with Gasteiger partial charge in [0.05, 0.1) is 6.54 Å². The molecule has 0 unspecified atom stereocenters. The Morgan fingerprint density at radius 1 is 1.15 bits per heavy atom. The molecule has 1 fully saturated rings. The molecule has 0 radical (unpaired) electrons. The summed E-state index contributed by atoms with van der Waals surface area (Å²) in [6.45, 7) is 13.0. The van der Waals surface area contributed by atoms with Crippen molar-refractivity contribution < 1.29 is 4.52 Å². The molecule has 0 atom stereocenters. The Balaban J connectivity index is 0.00000200. The van der Waals surface area contributed by atoms with E-state index in [1.807, 2.05) is 0 Å². The minimum atomic E-state index is -0.0783. The van der Waals surface area contributed by atoms with Crippen LogP contribution in [0.15, 0.2) is 4.52 Å². The predicted molar refractivity (Wildman–Crippen MR) is 81.0 cm³/mol. The van der Waals surface area contributed by atoms with Gasteiger partial charge < -0.3 is 10.3 Å². The quantitative estimate of drug-likeness (QED) is 0.890. The number of piperazine rings is 1. The van der Waals surface area contributed by atoms with Crippen molar-refractivity contribution in [3.05, 3.63) is 11.7 Å². The first kappa shape index (κ1) is 17.4. The highest BCUT2D eigenvalue weighted by Crippen LogP contribution is 2.20. The number of hydrogen-bond donors (Lipinski definition) is 1. The van der Waals surface area contributed by atoms with Crippen molar-refractivity contribution in [1.29, 1.82) is 0 Å². The van der Waals surface area contributed by atoms with Crippen LogP contribution in [-0.4, -0.2) is 59.2 Å². The minimum Gasteiger partial charge on any atom is -0.339 e. The molecule has 1 aliphatic rings. The fourth-order valence-corrected chi connectivity index (χ4v) is 2.18. The van der Waals surface area contributed by atoms with Gasteiger partial charge in [-0.15, -0.1) is 12.4 Å². The molecule has 2 rings (SSSR count). The average molecular weight is 304 g/mol. The second-order valence-corrected chi connectivity index (χ2v) is 6.17. The zero-order valence-electron chi connectivity index (χ0n) is 12.6. The van der Waals surface area contributed by atoms with Gasteiger partial charge in [0.2, 0.25) is 5.89 Å². The van der Waals surface area contributed by atoms with Gasteiger partial charge in [0.25, 0.3) is 0 Å². The Labute approximate surface area is 127 Å². The summed E-state index contributed by atoms with van der Waals surface area (Å²) in [5, 5.41) is 4.07. The second kappa shape index (κ2) is 7.36. The van der Waals surface area contributed by atoms with Crippen LogP contribution in [0.4, 0.5) is 0 Å². The lowest BCUT2D eigenvalue weighted by atomic mass is 9.97. The lowest BCUT2D eigenvalue weighted by Crippen LogP contribution is -2.47. The van der Waals surface area contributed by atoms with Crippen molar-refractivity contribution in [3.63, 3.8) is 0 Å². The van der Waals surface area contributed by atoms with E-state index >= 15 is 0 Å². The number of hydrogen-bond acceptors (Lipinski definition) is 6. The lowest BCUT2D eigenvalue weighted by Gasteiger charge is -2.33. The Kier molecular flexibility index (Phi) is 6.39. The van der Waals surface area contributed by atoms with Crippen molar-refractivity contribution in [2.45, 2.75) is 32.7 Å². The van der Waals surface area contributed by atoms with Gasteiger partial charge in [-0.2, -0.15) is 4.98 Å². The molecular formula is C13H26ClN5O. The van der Waals surface area contributed by atoms with E-state index in [1.54, 1.807) is 0 Å². The Hall–Kier alpha value is -0.690. The number of nitrogens with zero attached hydrogens (tertiary/aromatic N) is 4. The summed E-state index contributed by atoms with van der Waals surface area (Å²) in [5.41, 5.74) is 5.50. The average Bonchev–Trinajstić information content (AvgIpc) is 2.80. The van der Waals surface area contributed by atoms with E-state index in [1.165, 1.54) is 0 Å². The SMILES string of the molecule is CC(C)(C)c1nc(CN2CCN(CCN)CC2)no1.Cl. The van der Waals surface area contributed by atoms with Crippen LogP contribution in [-0.2, 0) is 12.0 Å². The Bertz CT molecular complexity index is 396. The number of rotatable bonds is 4. The van der Waals surface area contributed by atoms with Crippen LogP contribution in [0.25, 0.3) is 0 Å². The lowest BCUT2D eigenvalue weighted by molar-refractivity contribution is 0.126. The van der Waals surface area contributed by atoms with Crippen LogP contribution >= 0.6 is 12.4 Å². The van der Waals surface area contributed by atoms with Crippen molar-refractivity contribution in [3.8, 4) is 0 Å². The van der Waals surface area contributed by atoms with Crippen LogP contribution in [0.1, 0.15) is 32.5 Å². The molecule has 0 aromatic carbocycles. The first-order valence-electron chi connectivity index (χ1n) is 6.97. The molecule has 6 nitrogen and oxygen atoms in total. The summed E-state index contributed by atoms with van der Waals surface area (Å²) < 4.78 is 5.32. The summed E-state index contributed by atoms with van der Waals surface area (Å²) in [4.78, 5) is 9.24. The van der Waals surface area contributed by atoms with Gasteiger partial charge >= 0.3 is 0 Å². The first-order chi connectivity index (χ1) is 8.99. The molecule has 1 aromatic heterocycles. The number of halogens is 1. The van der Waals surface area contributed by atoms with E-state index < -0.39 is 0 Å². The van der Waals surface area contributed by atoms with Gasteiger partial charge in [-0.1, -0.05) is 25.9 Å². The van der Waals surface area contributed by atoms with Gasteiger partial charge in [0, 0.05) is 44.7 Å². The van der Waals surface area contributed by atoms with Gasteiger partial charge in [0.15, 0.2) is 5.82 Å². The van der Waals surface area contributed by atoms with Crippen LogP contribution in [0, 0.1) is 0 Å². The molecule has 7 heteroatoms. The number of aromatic nitrogens is 2. The molecule has 0 amide bonds. The molecule has 0 spiro atoms. The third-order valence-electron chi connectivity index (χ3n) is 3.38. The molecular weight excluding hydrogens is 278 g/mol. The van der Waals surface area contributed by atoms with E-state index in [4.69, 9.17) is 10.3 Å². The van der Waals surface area contributed by atoms with Crippen molar-refractivity contribution in [2.24, 2.45) is 5.73 Å². The Morgan fingerprint density at radius 2 is 1.75 bits per heavy atom. The third-order valence-corrected chi connectivity index (χ3v) is 3.38. The van der Waals surface area contributed by atoms with Crippen LogP contribution < -0.4 is 5.73 Å². The highest BCUT2D eigenvalue weighted by Gasteiger charge is 2.23. The molecule has 1 aromatic rings. The summed E-state index contributed by atoms with van der Waals surface area (Å²) in [7, 11) is 0. The maximum Gasteiger partial charge on any atom is 0.232 e. The van der Waals surface area contributed by atoms with E-state index in [0.717, 1.165) is 51.6 Å². The smallest absolute Gasteiger partial charge is 0.232 e. The third kappa shape index (κ3) is 4.70. The fourth-order valence-electron chi connectivity index (χ4n) is 2.18. The highest BCUT2D eigenvalue weighted by molar-refractivity contribution is 5.85. The molecule has 1 saturated heterocycles. The van der Waals surface area contributed by atoms with Gasteiger partial charge in [0.1, 0.15) is 0 Å². The maximum absolute atomic E-state index is 5.57. The molecule has 0 saturated carbocycles. The topological polar surface area (TPSA) is 71.4 Å². The number of nitrogens with two attached hydrogens (primary N) is 1. The molecule has 0 aliphatic carbocycles. The van der Waals surface area contributed by atoms with Crippen LogP contribution in [0.3, 0.4) is 0 Å². The zero-order valence-corrected chi connectivity index (χ0v) is 13.4. The van der Waals surface area contributed by atoms with E-state index in [-0.39, 0.29) is 17.8 Å². The largest absolute Gasteiger partial charge is 0.339 e. The molecule has 116 valence electrons. The van der Waals surface area contributed by atoms with Crippen LogP contribution in [0.2, 0.25) is 0 Å². The Morgan fingerprint density at radius 3 is 2.25 bits per heavy atom. The molecule has 2 heterocycles. The minimum absolute atomic E-state index is 0. The summed E-state index contributed by atoms with van der Waals surface area (Å²) in [6, 6.07) is 0. The van der Waals surface area contributed by atoms with Crippen LogP contribution in [0.5, 0.6) is 0 Å². The molecule has 0 bridgehead atoms. The van der Waals surface area contributed by atoms with Crippen molar-refractivity contribution in [2.75, 3.05) is 39.3 Å². The standard InChI is InChI=1S/C13H25N5O.ClH/c1-13(2,3)12-15-11(16-19-12)10-18-8-6-17(5-4-14)7-9-18;/h4-10,14H2,1-3H3;1H. The summed E-state index contributed by atoms with van der Waals surface area (Å²) in [5.74, 6) is 1.50. The van der Waals surface area contributed by atoms with Gasteiger partial charge in [-0.25, -0.2) is 0 Å². The molecule has 20 heavy (non-hydrogen) atoms. The predicted octanol–water partition coefficient (Wildman–Crippen LogP) is 0.865. The van der Waals surface area contributed by atoms with Crippen molar-refractivity contribution >= 4 is 12.4 Å².